The number of hydrogen-bond acceptors (Lipinski definition) is 11. The van der Waals surface area contributed by atoms with Gasteiger partial charge in [0.25, 0.3) is 5.56 Å². The number of H-pyrrole nitrogens is 1. The molecule has 2 heterocycles. The number of aliphatic hydroxyl groups is 1. The highest BCUT2D eigenvalue weighted by Crippen LogP contribution is 2.43. The van der Waals surface area contributed by atoms with Gasteiger partial charge >= 0.3 is 19.9 Å². The fourth-order valence-electron chi connectivity index (χ4n) is 5.56. The first-order valence-corrected chi connectivity index (χ1v) is 17.4. The number of benzene rings is 3. The van der Waals surface area contributed by atoms with Crippen molar-refractivity contribution in [2.24, 2.45) is 0 Å². The Bertz CT molecular complexity index is 1820. The Morgan fingerprint density at radius 3 is 1.98 bits per heavy atom. The van der Waals surface area contributed by atoms with Crippen molar-refractivity contribution in [3.05, 3.63) is 127 Å². The van der Waals surface area contributed by atoms with E-state index in [1.54, 1.807) is 21.1 Å². The molecule has 5 rings (SSSR count). The molecule has 0 saturated carbocycles. The molecule has 17 heteroatoms. The quantitative estimate of drug-likeness (QED) is 0.0874. The molecule has 51 heavy (non-hydrogen) atoms. The molecule has 4 aromatic rings. The van der Waals surface area contributed by atoms with Crippen LogP contribution in [0.4, 0.5) is 0 Å². The van der Waals surface area contributed by atoms with E-state index < -0.39 is 62.2 Å². The summed E-state index contributed by atoms with van der Waals surface area (Å²) in [4.78, 5) is 53.6. The first-order valence-electron chi connectivity index (χ1n) is 15.4. The molecular formula is C34H37BrN2O13P+. The van der Waals surface area contributed by atoms with Crippen molar-refractivity contribution in [1.29, 1.82) is 0 Å². The summed E-state index contributed by atoms with van der Waals surface area (Å²) in [5.41, 5.74) is -0.350. The van der Waals surface area contributed by atoms with Gasteiger partial charge in [0.1, 0.15) is 42.0 Å². The molecule has 4 N–H and O–H groups in total. The maximum absolute atomic E-state index is 12.9. The van der Waals surface area contributed by atoms with E-state index in [-0.39, 0.29) is 17.7 Å². The van der Waals surface area contributed by atoms with E-state index >= 15 is 0 Å². The van der Waals surface area contributed by atoms with Crippen molar-refractivity contribution in [1.82, 2.24) is 9.55 Å². The largest absolute Gasteiger partial charge is 0.692 e. The Labute approximate surface area is 301 Å². The number of halogens is 1. The third kappa shape index (κ3) is 9.55. The normalized spacial score (nSPS) is 18.3. The molecule has 0 spiro atoms. The van der Waals surface area contributed by atoms with Crippen LogP contribution in [0.15, 0.2) is 99.1 Å². The lowest BCUT2D eigenvalue weighted by molar-refractivity contribution is -0.155. The number of nitrogens with zero attached hydrogens (tertiary/aromatic N) is 1. The van der Waals surface area contributed by atoms with Gasteiger partial charge in [-0.1, -0.05) is 54.6 Å². The van der Waals surface area contributed by atoms with Gasteiger partial charge < -0.3 is 33.5 Å². The molecule has 1 aromatic heterocycles. The topological polar surface area (TPSA) is 205 Å². The number of aliphatic hydroxyl groups excluding tert-OH is 1. The van der Waals surface area contributed by atoms with Crippen molar-refractivity contribution in [2.75, 3.05) is 34.0 Å². The van der Waals surface area contributed by atoms with Crippen LogP contribution in [-0.4, -0.2) is 82.8 Å². The SMILES string of the molecule is CCOC(=O)COC1C(O)[C@H](COC(c2ccccc2)(c2ccc(OC)cc2)c2ccc(OC)cc2)O[C@@H]1n1cc(Br)c(=O)[nH]c1=O.O=[P+](O)O. The molecule has 0 amide bonds. The van der Waals surface area contributed by atoms with Crippen molar-refractivity contribution in [2.45, 2.75) is 37.1 Å². The Morgan fingerprint density at radius 1 is 0.941 bits per heavy atom. The summed E-state index contributed by atoms with van der Waals surface area (Å²) < 4.78 is 44.6. The number of methoxy groups -OCH3 is 2. The first kappa shape index (κ1) is 39.5. The summed E-state index contributed by atoms with van der Waals surface area (Å²) in [5, 5.41) is 11.6. The molecular weight excluding hydrogens is 755 g/mol. The molecule has 3 aromatic carbocycles. The zero-order chi connectivity index (χ0) is 37.1. The summed E-state index contributed by atoms with van der Waals surface area (Å²) in [7, 11) is 0.299. The Balaban J connectivity index is 0.00000138. The second-order valence-electron chi connectivity index (χ2n) is 10.8. The van der Waals surface area contributed by atoms with Crippen LogP contribution in [0.2, 0.25) is 0 Å². The van der Waals surface area contributed by atoms with Crippen LogP contribution in [0.5, 0.6) is 11.5 Å². The fraction of sp³-hybridized carbons (Fsp3) is 0.324. The van der Waals surface area contributed by atoms with Crippen LogP contribution in [-0.2, 0) is 33.9 Å². The Hall–Kier alpha value is -4.25. The number of carbonyl (C=O) groups is 1. The molecule has 0 radical (unpaired) electrons. The highest BCUT2D eigenvalue weighted by Gasteiger charge is 2.48. The third-order valence-corrected chi connectivity index (χ3v) is 8.41. The fourth-order valence-corrected chi connectivity index (χ4v) is 5.88. The molecule has 0 aliphatic carbocycles. The van der Waals surface area contributed by atoms with Crippen molar-refractivity contribution in [3.8, 4) is 11.5 Å². The first-order chi connectivity index (χ1) is 24.4. The van der Waals surface area contributed by atoms with Crippen LogP contribution >= 0.6 is 24.2 Å². The van der Waals surface area contributed by atoms with Crippen LogP contribution in [0.3, 0.4) is 0 Å². The molecule has 1 aliphatic rings. The summed E-state index contributed by atoms with van der Waals surface area (Å²) >= 11 is 3.14. The maximum atomic E-state index is 12.9. The monoisotopic (exact) mass is 791 g/mol. The summed E-state index contributed by atoms with van der Waals surface area (Å²) in [6.45, 7) is 1.09. The highest BCUT2D eigenvalue weighted by molar-refractivity contribution is 9.10. The molecule has 1 aliphatic heterocycles. The van der Waals surface area contributed by atoms with Gasteiger partial charge in [-0.2, -0.15) is 0 Å². The smallest absolute Gasteiger partial charge is 0.497 e. The van der Waals surface area contributed by atoms with E-state index in [0.717, 1.165) is 21.3 Å². The minimum absolute atomic E-state index is 0.0566. The van der Waals surface area contributed by atoms with Crippen molar-refractivity contribution in [3.63, 3.8) is 0 Å². The van der Waals surface area contributed by atoms with Gasteiger partial charge in [-0.3, -0.25) is 14.3 Å². The molecule has 1 saturated heterocycles. The summed E-state index contributed by atoms with van der Waals surface area (Å²) in [6.07, 6.45) is -3.62. The van der Waals surface area contributed by atoms with Crippen LogP contribution in [0.25, 0.3) is 0 Å². The molecule has 0 bridgehead atoms. The van der Waals surface area contributed by atoms with E-state index in [1.807, 2.05) is 78.9 Å². The minimum atomic E-state index is -2.87. The number of rotatable bonds is 13. The lowest BCUT2D eigenvalue weighted by Gasteiger charge is -2.37. The van der Waals surface area contributed by atoms with Gasteiger partial charge in [0.2, 0.25) is 0 Å². The van der Waals surface area contributed by atoms with Gasteiger partial charge in [-0.15, -0.1) is 9.79 Å². The van der Waals surface area contributed by atoms with E-state index in [9.17, 15) is 19.5 Å². The number of hydrogen-bond donors (Lipinski definition) is 4. The van der Waals surface area contributed by atoms with Crippen LogP contribution < -0.4 is 20.7 Å². The van der Waals surface area contributed by atoms with Gasteiger partial charge in [0, 0.05) is 10.8 Å². The molecule has 4 atom stereocenters. The van der Waals surface area contributed by atoms with Crippen LogP contribution in [0, 0.1) is 0 Å². The summed E-state index contributed by atoms with van der Waals surface area (Å²) in [5.74, 6) is 0.652. The predicted molar refractivity (Wildman–Crippen MR) is 186 cm³/mol. The highest BCUT2D eigenvalue weighted by atomic mass is 79.9. The lowest BCUT2D eigenvalue weighted by atomic mass is 9.80. The average molecular weight is 793 g/mol. The Kier molecular flexibility index (Phi) is 14.2. The average Bonchev–Trinajstić information content (AvgIpc) is 3.44. The minimum Gasteiger partial charge on any atom is -0.497 e. The molecule has 15 nitrogen and oxygen atoms in total. The molecule has 272 valence electrons. The number of ether oxygens (including phenoxy) is 6. The zero-order valence-corrected chi connectivity index (χ0v) is 30.2. The number of esters is 1. The molecule has 1 fully saturated rings. The van der Waals surface area contributed by atoms with Gasteiger partial charge in [0.15, 0.2) is 6.23 Å². The Morgan fingerprint density at radius 2 is 1.47 bits per heavy atom. The standard InChI is InChI=1S/C34H35BrN2O10.HO3P/c1-4-44-28(38)20-45-30-29(39)27(47-32(30)37-18-26(35)31(40)36-33(37)41)19-46-34(21-8-6-5-7-9-21,22-10-14-24(42-2)15-11-22)23-12-16-25(43-3)17-13-23;1-4(2)3/h5-18,27,29-30,32,39H,4,19-20H2,1-3H3,(H,36,40,41);(H-,1,2,3)/p+1/t27-,29?,30?,32-;/m0./s1. The number of carbonyl (C=O) groups excluding carboxylic acids is 1. The zero-order valence-electron chi connectivity index (χ0n) is 27.7. The van der Waals surface area contributed by atoms with Crippen molar-refractivity contribution >= 4 is 30.2 Å². The van der Waals surface area contributed by atoms with Crippen molar-refractivity contribution < 1.29 is 52.7 Å². The van der Waals surface area contributed by atoms with Gasteiger partial charge in [0.05, 0.1) is 31.9 Å². The van der Waals surface area contributed by atoms with E-state index in [0.29, 0.717) is 11.5 Å². The third-order valence-electron chi connectivity index (χ3n) is 7.85. The number of nitrogens with one attached hydrogen (secondary N) is 1. The number of aromatic nitrogens is 2. The maximum Gasteiger partial charge on any atom is 0.692 e. The van der Waals surface area contributed by atoms with Gasteiger partial charge in [-0.05, 0) is 63.8 Å². The lowest BCUT2D eigenvalue weighted by Crippen LogP contribution is -2.41. The van der Waals surface area contributed by atoms with Gasteiger partial charge in [-0.25, -0.2) is 9.59 Å². The number of aromatic amines is 1. The second-order valence-corrected chi connectivity index (χ2v) is 12.2. The van der Waals surface area contributed by atoms with E-state index in [4.69, 9.17) is 42.8 Å². The summed E-state index contributed by atoms with van der Waals surface area (Å²) in [6, 6.07) is 24.5. The predicted octanol–water partition coefficient (Wildman–Crippen LogP) is 3.16. The van der Waals surface area contributed by atoms with Crippen LogP contribution in [0.1, 0.15) is 29.8 Å². The van der Waals surface area contributed by atoms with E-state index in [1.165, 1.54) is 6.20 Å². The second kappa shape index (κ2) is 18.3. The molecule has 2 unspecified atom stereocenters. The van der Waals surface area contributed by atoms with E-state index in [2.05, 4.69) is 20.9 Å².